The number of rotatable bonds is 10. The Hall–Kier alpha value is -3.29. The van der Waals surface area contributed by atoms with E-state index in [-0.39, 0.29) is 44.4 Å². The number of ether oxygens (including phenoxy) is 1. The van der Waals surface area contributed by atoms with E-state index in [9.17, 15) is 23.2 Å². The van der Waals surface area contributed by atoms with Gasteiger partial charge in [-0.05, 0) is 61.9 Å². The van der Waals surface area contributed by atoms with Crippen LogP contribution in [0.15, 0.2) is 48.5 Å². The summed E-state index contributed by atoms with van der Waals surface area (Å²) in [4.78, 5) is 37.4. The summed E-state index contributed by atoms with van der Waals surface area (Å²) in [7, 11) is 0. The van der Waals surface area contributed by atoms with E-state index in [0.29, 0.717) is 17.7 Å². The number of esters is 1. The molecule has 0 saturated heterocycles. The molecule has 0 aliphatic heterocycles. The van der Waals surface area contributed by atoms with Crippen LogP contribution in [0.25, 0.3) is 0 Å². The number of hydrogen-bond donors (Lipinski definition) is 1. The predicted molar refractivity (Wildman–Crippen MR) is 108 cm³/mol. The molecule has 0 aromatic heterocycles. The highest BCUT2D eigenvalue weighted by atomic mass is 19.1. The second kappa shape index (κ2) is 11.6. The fourth-order valence-electron chi connectivity index (χ4n) is 2.72. The number of hydrogen-bond acceptors (Lipinski definition) is 4. The molecule has 0 aliphatic carbocycles. The van der Waals surface area contributed by atoms with Crippen LogP contribution in [0.4, 0.5) is 14.5 Å². The molecule has 0 spiro atoms. The van der Waals surface area contributed by atoms with Gasteiger partial charge in [0.25, 0.3) is 5.91 Å². The zero-order chi connectivity index (χ0) is 21.9. The van der Waals surface area contributed by atoms with Gasteiger partial charge in [0, 0.05) is 30.8 Å². The monoisotopic (exact) mass is 418 g/mol. The van der Waals surface area contributed by atoms with Gasteiger partial charge in [-0.3, -0.25) is 14.4 Å². The maximum atomic E-state index is 13.3. The van der Waals surface area contributed by atoms with Gasteiger partial charge in [-0.15, -0.1) is 0 Å². The number of nitrogens with one attached hydrogen (secondary N) is 1. The molecule has 0 atom stereocenters. The Morgan fingerprint density at radius 1 is 0.933 bits per heavy atom. The molecule has 0 bridgehead atoms. The highest BCUT2D eigenvalue weighted by Crippen LogP contribution is 2.18. The number of nitrogens with zero attached hydrogens (tertiary/aromatic N) is 1. The molecule has 8 heteroatoms. The summed E-state index contributed by atoms with van der Waals surface area (Å²) < 4.78 is 31.2. The molecule has 2 amide bonds. The van der Waals surface area contributed by atoms with E-state index in [2.05, 4.69) is 5.32 Å². The minimum absolute atomic E-state index is 0.00440. The molecule has 6 nitrogen and oxygen atoms in total. The number of carbonyl (C=O) groups excluding carboxylic acids is 3. The highest BCUT2D eigenvalue weighted by Gasteiger charge is 2.18. The molecule has 2 rings (SSSR count). The molecule has 0 aliphatic rings. The van der Waals surface area contributed by atoms with Crippen molar-refractivity contribution >= 4 is 23.5 Å². The molecule has 160 valence electrons. The number of anilines is 1. The quantitative estimate of drug-likeness (QED) is 0.474. The van der Waals surface area contributed by atoms with Gasteiger partial charge in [0.1, 0.15) is 11.6 Å². The lowest BCUT2D eigenvalue weighted by Crippen LogP contribution is -2.34. The van der Waals surface area contributed by atoms with Crippen LogP contribution in [-0.4, -0.2) is 37.5 Å². The minimum atomic E-state index is -0.453. The van der Waals surface area contributed by atoms with Gasteiger partial charge in [-0.1, -0.05) is 0 Å². The Kier molecular flexibility index (Phi) is 8.93. The number of benzene rings is 2. The van der Waals surface area contributed by atoms with Crippen LogP contribution >= 0.6 is 0 Å². The molecule has 2 aromatic rings. The van der Waals surface area contributed by atoms with Crippen molar-refractivity contribution in [3.05, 3.63) is 65.7 Å². The zero-order valence-corrected chi connectivity index (χ0v) is 16.7. The Morgan fingerprint density at radius 2 is 1.53 bits per heavy atom. The molecule has 0 radical (unpaired) electrons. The third-order valence-corrected chi connectivity index (χ3v) is 4.22. The summed E-state index contributed by atoms with van der Waals surface area (Å²) in [5.41, 5.74) is 0.776. The van der Waals surface area contributed by atoms with Crippen LogP contribution in [0.3, 0.4) is 0 Å². The van der Waals surface area contributed by atoms with E-state index in [1.807, 2.05) is 0 Å². The van der Waals surface area contributed by atoms with Crippen LogP contribution < -0.4 is 10.2 Å². The molecule has 1 N–H and O–H groups in total. The van der Waals surface area contributed by atoms with Crippen molar-refractivity contribution in [1.82, 2.24) is 5.32 Å². The first-order valence-electron chi connectivity index (χ1n) is 9.66. The lowest BCUT2D eigenvalue weighted by atomic mass is 10.1. The van der Waals surface area contributed by atoms with E-state index < -0.39 is 17.6 Å². The topological polar surface area (TPSA) is 75.7 Å². The zero-order valence-electron chi connectivity index (χ0n) is 16.7. The first kappa shape index (κ1) is 23.0. The summed E-state index contributed by atoms with van der Waals surface area (Å²) in [6, 6.07) is 10.6. The summed E-state index contributed by atoms with van der Waals surface area (Å²) in [5, 5.41) is 2.69. The first-order chi connectivity index (χ1) is 14.4. The molecule has 0 heterocycles. The fourth-order valence-corrected chi connectivity index (χ4v) is 2.72. The minimum Gasteiger partial charge on any atom is -0.466 e. The van der Waals surface area contributed by atoms with Gasteiger partial charge in [-0.25, -0.2) is 8.78 Å². The van der Waals surface area contributed by atoms with Gasteiger partial charge < -0.3 is 15.0 Å². The molecule has 30 heavy (non-hydrogen) atoms. The van der Waals surface area contributed by atoms with Crippen molar-refractivity contribution in [1.29, 1.82) is 0 Å². The van der Waals surface area contributed by atoms with Crippen LogP contribution in [0.1, 0.15) is 36.5 Å². The third kappa shape index (κ3) is 7.27. The normalized spacial score (nSPS) is 10.4. The van der Waals surface area contributed by atoms with Crippen molar-refractivity contribution in [2.24, 2.45) is 0 Å². The van der Waals surface area contributed by atoms with Gasteiger partial charge >= 0.3 is 5.97 Å². The van der Waals surface area contributed by atoms with Gasteiger partial charge in [0.05, 0.1) is 13.0 Å². The van der Waals surface area contributed by atoms with E-state index >= 15 is 0 Å². The largest absolute Gasteiger partial charge is 0.466 e. The van der Waals surface area contributed by atoms with Crippen molar-refractivity contribution in [3.8, 4) is 0 Å². The Morgan fingerprint density at radius 3 is 2.13 bits per heavy atom. The van der Waals surface area contributed by atoms with Gasteiger partial charge in [0.15, 0.2) is 0 Å². The van der Waals surface area contributed by atoms with E-state index in [4.69, 9.17) is 4.74 Å². The molecule has 0 fully saturated rings. The van der Waals surface area contributed by atoms with Crippen molar-refractivity contribution in [2.45, 2.75) is 26.2 Å². The summed E-state index contributed by atoms with van der Waals surface area (Å²) in [6.45, 7) is 2.50. The van der Waals surface area contributed by atoms with Crippen molar-refractivity contribution < 1.29 is 27.9 Å². The number of amides is 2. The Balaban J connectivity index is 1.94. The lowest BCUT2D eigenvalue weighted by Gasteiger charge is -2.23. The maximum Gasteiger partial charge on any atom is 0.306 e. The van der Waals surface area contributed by atoms with Crippen LogP contribution in [0, 0.1) is 11.6 Å². The Labute approximate surface area is 173 Å². The van der Waals surface area contributed by atoms with Crippen molar-refractivity contribution in [2.75, 3.05) is 24.6 Å². The molecule has 0 saturated carbocycles. The van der Waals surface area contributed by atoms with Crippen LogP contribution in [0.5, 0.6) is 0 Å². The summed E-state index contributed by atoms with van der Waals surface area (Å²) >= 11 is 0. The molecular formula is C22H24F2N2O4. The summed E-state index contributed by atoms with van der Waals surface area (Å²) in [5.74, 6) is -1.97. The highest BCUT2D eigenvalue weighted by molar-refractivity contribution is 6.06. The predicted octanol–water partition coefficient (Wildman–Crippen LogP) is 3.46. The molecule has 0 unspecified atom stereocenters. The molecular weight excluding hydrogens is 394 g/mol. The lowest BCUT2D eigenvalue weighted by molar-refractivity contribution is -0.144. The third-order valence-electron chi connectivity index (χ3n) is 4.22. The SMILES string of the molecule is CCOC(=O)CCC(=O)NCCCN(C(=O)c1ccc(F)cc1)c1ccc(F)cc1. The Bertz CT molecular complexity index is 854. The fraction of sp³-hybridized carbons (Fsp3) is 0.318. The second-order valence-corrected chi connectivity index (χ2v) is 6.45. The number of carbonyl (C=O) groups is 3. The summed E-state index contributed by atoms with van der Waals surface area (Å²) in [6.07, 6.45) is 0.453. The smallest absolute Gasteiger partial charge is 0.306 e. The maximum absolute atomic E-state index is 13.3. The standard InChI is InChI=1S/C22H24F2N2O4/c1-2-30-21(28)13-12-20(27)25-14-3-15-26(19-10-8-18(24)9-11-19)22(29)16-4-6-17(23)7-5-16/h4-11H,2-3,12-15H2,1H3,(H,25,27). The van der Waals surface area contributed by atoms with E-state index in [1.54, 1.807) is 6.92 Å². The van der Waals surface area contributed by atoms with Crippen molar-refractivity contribution in [3.63, 3.8) is 0 Å². The second-order valence-electron chi connectivity index (χ2n) is 6.45. The average Bonchev–Trinajstić information content (AvgIpc) is 2.73. The van der Waals surface area contributed by atoms with E-state index in [1.165, 1.54) is 53.4 Å². The average molecular weight is 418 g/mol. The molecule has 2 aromatic carbocycles. The van der Waals surface area contributed by atoms with Crippen LogP contribution in [-0.2, 0) is 14.3 Å². The van der Waals surface area contributed by atoms with Crippen LogP contribution in [0.2, 0.25) is 0 Å². The van der Waals surface area contributed by atoms with Gasteiger partial charge in [0.2, 0.25) is 5.91 Å². The van der Waals surface area contributed by atoms with Gasteiger partial charge in [-0.2, -0.15) is 0 Å². The van der Waals surface area contributed by atoms with E-state index in [0.717, 1.165) is 0 Å². The first-order valence-corrected chi connectivity index (χ1v) is 9.66. The number of halogens is 2.